The minimum atomic E-state index is 0.975. The Bertz CT molecular complexity index is 1220. The fourth-order valence-electron chi connectivity index (χ4n) is 3.92. The fraction of sp³-hybridized carbons (Fsp3) is 0.182. The third-order valence-electron chi connectivity index (χ3n) is 5.11. The van der Waals surface area contributed by atoms with Crippen molar-refractivity contribution in [3.63, 3.8) is 0 Å². The number of aromatic nitrogens is 1. The van der Waals surface area contributed by atoms with Crippen molar-refractivity contribution in [1.29, 1.82) is 0 Å². The minimum absolute atomic E-state index is 0.975. The molecule has 5 aromatic rings. The summed E-state index contributed by atoms with van der Waals surface area (Å²) >= 11 is 0. The lowest BCUT2D eigenvalue weighted by molar-refractivity contribution is 0.669. The number of para-hydroxylation sites is 1. The average Bonchev–Trinajstić information content (AvgIpc) is 3.10. The van der Waals surface area contributed by atoms with Crippen LogP contribution in [-0.4, -0.2) is 4.57 Å². The first-order chi connectivity index (χ1) is 11.8. The van der Waals surface area contributed by atoms with E-state index in [0.717, 1.165) is 24.0 Å². The SMILES string of the molecule is CCCc1ccc2oc3cc4c5ccccc5n(C)c4cc3c2c1. The van der Waals surface area contributed by atoms with Gasteiger partial charge in [-0.05, 0) is 42.3 Å². The molecule has 0 saturated carbocycles. The first kappa shape index (κ1) is 13.7. The lowest BCUT2D eigenvalue weighted by atomic mass is 10.0. The molecule has 2 heteroatoms. The van der Waals surface area contributed by atoms with Gasteiger partial charge in [0.05, 0.1) is 0 Å². The number of rotatable bonds is 2. The van der Waals surface area contributed by atoms with Crippen molar-refractivity contribution in [3.05, 3.63) is 60.2 Å². The van der Waals surface area contributed by atoms with Crippen molar-refractivity contribution >= 4 is 43.7 Å². The largest absolute Gasteiger partial charge is 0.456 e. The summed E-state index contributed by atoms with van der Waals surface area (Å²) in [5.74, 6) is 0. The maximum atomic E-state index is 6.14. The number of hydrogen-bond acceptors (Lipinski definition) is 1. The highest BCUT2D eigenvalue weighted by atomic mass is 16.3. The Morgan fingerprint density at radius 2 is 1.62 bits per heavy atom. The van der Waals surface area contributed by atoms with E-state index in [2.05, 4.69) is 73.1 Å². The Kier molecular flexibility index (Phi) is 2.78. The molecule has 0 saturated heterocycles. The summed E-state index contributed by atoms with van der Waals surface area (Å²) in [4.78, 5) is 0. The van der Waals surface area contributed by atoms with Crippen LogP contribution >= 0.6 is 0 Å². The molecule has 2 aromatic heterocycles. The zero-order chi connectivity index (χ0) is 16.3. The number of hydrogen-bond donors (Lipinski definition) is 0. The fourth-order valence-corrected chi connectivity index (χ4v) is 3.92. The van der Waals surface area contributed by atoms with E-state index in [1.54, 1.807) is 0 Å². The molecule has 5 rings (SSSR count). The van der Waals surface area contributed by atoms with Gasteiger partial charge in [-0.3, -0.25) is 0 Å². The van der Waals surface area contributed by atoms with Crippen LogP contribution in [0.1, 0.15) is 18.9 Å². The molecule has 2 nitrogen and oxygen atoms in total. The number of furan rings is 1. The molecule has 24 heavy (non-hydrogen) atoms. The summed E-state index contributed by atoms with van der Waals surface area (Å²) in [5, 5.41) is 4.97. The molecule has 3 aromatic carbocycles. The van der Waals surface area contributed by atoms with Gasteiger partial charge >= 0.3 is 0 Å². The van der Waals surface area contributed by atoms with Crippen molar-refractivity contribution in [1.82, 2.24) is 4.57 Å². The topological polar surface area (TPSA) is 18.1 Å². The molecule has 0 atom stereocenters. The molecule has 0 aliphatic rings. The number of benzene rings is 3. The smallest absolute Gasteiger partial charge is 0.136 e. The van der Waals surface area contributed by atoms with Gasteiger partial charge in [0.2, 0.25) is 0 Å². The first-order valence-electron chi connectivity index (χ1n) is 8.58. The highest BCUT2D eigenvalue weighted by molar-refractivity contribution is 6.16. The minimum Gasteiger partial charge on any atom is -0.456 e. The van der Waals surface area contributed by atoms with Crippen molar-refractivity contribution in [2.45, 2.75) is 19.8 Å². The van der Waals surface area contributed by atoms with Crippen molar-refractivity contribution in [3.8, 4) is 0 Å². The van der Waals surface area contributed by atoms with Crippen LogP contribution in [-0.2, 0) is 13.5 Å². The normalized spacial score (nSPS) is 12.1. The quantitative estimate of drug-likeness (QED) is 0.380. The molecule has 0 radical (unpaired) electrons. The molecular formula is C22H19NO. The monoisotopic (exact) mass is 313 g/mol. The van der Waals surface area contributed by atoms with Gasteiger partial charge in [0.25, 0.3) is 0 Å². The standard InChI is InChI=1S/C22H19NO/c1-3-6-14-9-10-21-17(11-14)18-12-20-16(13-22(18)24-21)15-7-4-5-8-19(15)23(20)2/h4-5,7-13H,3,6H2,1-2H3. The van der Waals surface area contributed by atoms with Crippen LogP contribution in [0.15, 0.2) is 59.0 Å². The molecular weight excluding hydrogens is 294 g/mol. The highest BCUT2D eigenvalue weighted by Gasteiger charge is 2.13. The van der Waals surface area contributed by atoms with Gasteiger partial charge < -0.3 is 8.98 Å². The summed E-state index contributed by atoms with van der Waals surface area (Å²) in [5.41, 5.74) is 5.85. The predicted octanol–water partition coefficient (Wildman–Crippen LogP) is 6.18. The second-order valence-corrected chi connectivity index (χ2v) is 6.62. The van der Waals surface area contributed by atoms with Crippen LogP contribution in [0.3, 0.4) is 0 Å². The molecule has 0 aliphatic carbocycles. The second-order valence-electron chi connectivity index (χ2n) is 6.62. The Labute approximate surface area is 140 Å². The van der Waals surface area contributed by atoms with Gasteiger partial charge in [-0.1, -0.05) is 37.6 Å². The summed E-state index contributed by atoms with van der Waals surface area (Å²) < 4.78 is 8.42. The van der Waals surface area contributed by atoms with Gasteiger partial charge in [0.15, 0.2) is 0 Å². The molecule has 118 valence electrons. The van der Waals surface area contributed by atoms with Crippen LogP contribution in [0.5, 0.6) is 0 Å². The van der Waals surface area contributed by atoms with E-state index < -0.39 is 0 Å². The first-order valence-corrected chi connectivity index (χ1v) is 8.58. The van der Waals surface area contributed by atoms with Gasteiger partial charge in [-0.15, -0.1) is 0 Å². The second kappa shape index (κ2) is 4.88. The maximum absolute atomic E-state index is 6.14. The highest BCUT2D eigenvalue weighted by Crippen LogP contribution is 2.36. The van der Waals surface area contributed by atoms with E-state index in [4.69, 9.17) is 4.42 Å². The molecule has 0 aliphatic heterocycles. The third-order valence-corrected chi connectivity index (χ3v) is 5.11. The van der Waals surface area contributed by atoms with E-state index in [9.17, 15) is 0 Å². The number of nitrogens with zero attached hydrogens (tertiary/aromatic N) is 1. The predicted molar refractivity (Wildman–Crippen MR) is 102 cm³/mol. The van der Waals surface area contributed by atoms with Gasteiger partial charge in [0, 0.05) is 39.6 Å². The van der Waals surface area contributed by atoms with Crippen LogP contribution in [0.25, 0.3) is 43.7 Å². The molecule has 0 unspecified atom stereocenters. The zero-order valence-electron chi connectivity index (χ0n) is 14.0. The Hall–Kier alpha value is -2.74. The third kappa shape index (κ3) is 1.77. The maximum Gasteiger partial charge on any atom is 0.136 e. The van der Waals surface area contributed by atoms with Crippen molar-refractivity contribution in [2.75, 3.05) is 0 Å². The molecule has 0 spiro atoms. The average molecular weight is 313 g/mol. The molecule has 0 bridgehead atoms. The van der Waals surface area contributed by atoms with Crippen LogP contribution < -0.4 is 0 Å². The van der Waals surface area contributed by atoms with Crippen LogP contribution in [0.2, 0.25) is 0 Å². The Morgan fingerprint density at radius 1 is 0.792 bits per heavy atom. The summed E-state index contributed by atoms with van der Waals surface area (Å²) in [7, 11) is 2.14. The van der Waals surface area contributed by atoms with E-state index in [1.165, 1.54) is 38.1 Å². The van der Waals surface area contributed by atoms with Crippen molar-refractivity contribution in [2.24, 2.45) is 7.05 Å². The Balaban J connectivity index is 1.91. The van der Waals surface area contributed by atoms with Gasteiger partial charge in [-0.2, -0.15) is 0 Å². The van der Waals surface area contributed by atoms with Crippen LogP contribution in [0, 0.1) is 0 Å². The number of fused-ring (bicyclic) bond motifs is 6. The summed E-state index contributed by atoms with van der Waals surface area (Å²) in [6.07, 6.45) is 2.27. The van der Waals surface area contributed by atoms with Gasteiger partial charge in [-0.25, -0.2) is 0 Å². The molecule has 0 fully saturated rings. The summed E-state index contributed by atoms with van der Waals surface area (Å²) in [6.45, 7) is 2.22. The number of aryl methyl sites for hydroxylation is 2. The lowest BCUT2D eigenvalue weighted by Crippen LogP contribution is -1.85. The van der Waals surface area contributed by atoms with E-state index in [1.807, 2.05) is 0 Å². The molecule has 0 amide bonds. The molecule has 2 heterocycles. The molecule has 0 N–H and O–H groups in total. The lowest BCUT2D eigenvalue weighted by Gasteiger charge is -1.99. The van der Waals surface area contributed by atoms with Crippen LogP contribution in [0.4, 0.5) is 0 Å². The Morgan fingerprint density at radius 3 is 2.50 bits per heavy atom. The van der Waals surface area contributed by atoms with E-state index in [0.29, 0.717) is 0 Å². The zero-order valence-corrected chi connectivity index (χ0v) is 14.0. The van der Waals surface area contributed by atoms with Crippen molar-refractivity contribution < 1.29 is 4.42 Å². The van der Waals surface area contributed by atoms with E-state index in [-0.39, 0.29) is 0 Å². The van der Waals surface area contributed by atoms with E-state index >= 15 is 0 Å². The van der Waals surface area contributed by atoms with Gasteiger partial charge in [0.1, 0.15) is 11.2 Å². The summed E-state index contributed by atoms with van der Waals surface area (Å²) in [6, 6.07) is 19.6.